The topological polar surface area (TPSA) is 178 Å². The molecule has 1 rings (SSSR count). The van der Waals surface area contributed by atoms with Crippen LogP contribution < -0.4 is 0 Å². The molecule has 1 saturated heterocycles. The summed E-state index contributed by atoms with van der Waals surface area (Å²) in [5, 5.41) is 31.0. The number of carbonyl (C=O) groups excluding carboxylic acids is 2. The van der Waals surface area contributed by atoms with Crippen molar-refractivity contribution in [3.8, 4) is 0 Å². The molecular weight excluding hydrogens is 789 g/mol. The van der Waals surface area contributed by atoms with Crippen molar-refractivity contribution in [2.24, 2.45) is 5.92 Å². The number of aliphatic hydroxyl groups excluding tert-OH is 3. The average Bonchev–Trinajstić information content (AvgIpc) is 3.18. The lowest BCUT2D eigenvalue weighted by Crippen LogP contribution is -2.43. The first-order valence-electron chi connectivity index (χ1n) is 23.5. The summed E-state index contributed by atoms with van der Waals surface area (Å²) in [6.07, 6.45) is 27.0. The van der Waals surface area contributed by atoms with E-state index in [4.69, 9.17) is 23.3 Å². The summed E-state index contributed by atoms with van der Waals surface area (Å²) in [5.74, 6) is -1.30. The van der Waals surface area contributed by atoms with E-state index in [-0.39, 0.29) is 38.4 Å². The molecule has 7 unspecified atom stereocenters. The van der Waals surface area contributed by atoms with Gasteiger partial charge in [-0.1, -0.05) is 147 Å². The summed E-state index contributed by atoms with van der Waals surface area (Å²) >= 11 is 0. The molecule has 0 spiro atoms. The number of hydrogen-bond acceptors (Lipinski definition) is 11. The molecule has 13 nitrogen and oxygen atoms in total. The van der Waals surface area contributed by atoms with Crippen molar-refractivity contribution in [1.29, 1.82) is 0 Å². The van der Waals surface area contributed by atoms with Crippen LogP contribution in [0.5, 0.6) is 0 Å². The Morgan fingerprint density at radius 1 is 0.767 bits per heavy atom. The summed E-state index contributed by atoms with van der Waals surface area (Å²) in [7, 11) is 1.31. The van der Waals surface area contributed by atoms with Gasteiger partial charge < -0.3 is 38.9 Å². The third kappa shape index (κ3) is 32.1. The number of hydrogen-bond donors (Lipinski definition) is 4. The van der Waals surface area contributed by atoms with Crippen LogP contribution in [0.3, 0.4) is 0 Å². The van der Waals surface area contributed by atoms with Crippen molar-refractivity contribution in [3.05, 3.63) is 24.3 Å². The van der Waals surface area contributed by atoms with Gasteiger partial charge in [-0.2, -0.15) is 0 Å². The molecule has 1 aliphatic heterocycles. The Labute approximate surface area is 363 Å². The molecule has 0 saturated carbocycles. The van der Waals surface area contributed by atoms with E-state index in [2.05, 4.69) is 13.8 Å². The maximum absolute atomic E-state index is 12.8. The molecule has 0 aromatic carbocycles. The molecule has 0 aromatic rings. The lowest BCUT2D eigenvalue weighted by atomic mass is 9.87. The van der Waals surface area contributed by atoms with Crippen molar-refractivity contribution in [1.82, 2.24) is 0 Å². The fourth-order valence-corrected chi connectivity index (χ4v) is 7.74. The third-order valence-corrected chi connectivity index (χ3v) is 11.8. The molecule has 4 N–H and O–H groups in total. The molecule has 352 valence electrons. The molecule has 0 aliphatic carbocycles. The van der Waals surface area contributed by atoms with Crippen LogP contribution in [0.4, 0.5) is 0 Å². The predicted molar refractivity (Wildman–Crippen MR) is 237 cm³/mol. The number of unbranched alkanes of at least 4 members (excludes halogenated alkanes) is 17. The molecule has 1 heterocycles. The van der Waals surface area contributed by atoms with Crippen LogP contribution in [0.2, 0.25) is 0 Å². The number of esters is 2. The first-order valence-corrected chi connectivity index (χ1v) is 25.0. The van der Waals surface area contributed by atoms with Crippen LogP contribution in [0.25, 0.3) is 0 Å². The van der Waals surface area contributed by atoms with E-state index in [1.54, 1.807) is 12.2 Å². The van der Waals surface area contributed by atoms with Gasteiger partial charge in [-0.25, -0.2) is 4.57 Å². The Kier molecular flexibility index (Phi) is 32.7. The van der Waals surface area contributed by atoms with Crippen LogP contribution in [0.1, 0.15) is 174 Å². The van der Waals surface area contributed by atoms with Gasteiger partial charge in [-0.15, -0.1) is 0 Å². The number of rotatable bonds is 38. The normalized spacial score (nSPS) is 20.7. The summed E-state index contributed by atoms with van der Waals surface area (Å²) in [6, 6.07) is 0. The Balaban J connectivity index is 2.52. The highest BCUT2D eigenvalue weighted by Crippen LogP contribution is 2.43. The molecule has 0 amide bonds. The monoisotopic (exact) mass is 877 g/mol. The van der Waals surface area contributed by atoms with Crippen LogP contribution in [-0.2, 0) is 37.4 Å². The second kappa shape index (κ2) is 34.8. The first-order chi connectivity index (χ1) is 28.7. The zero-order valence-corrected chi connectivity index (χ0v) is 39.1. The van der Waals surface area contributed by atoms with Gasteiger partial charge in [-0.05, 0) is 32.1 Å². The number of nitrogens with zero attached hydrogens (tertiary/aromatic N) is 1. The SMILES string of the molecule is CCCCCCCCCCCCCCCCCC(=O)OCC(COP(=O)(O)OCC[N+](C)(C)C)OC(=O)CCC/C=C\CC1C(O)CC(O)OC1/C=C/C(O)CCCCC. The van der Waals surface area contributed by atoms with Crippen LogP contribution in [-0.4, -0.2) is 115 Å². The average molecular weight is 877 g/mol. The fourth-order valence-electron chi connectivity index (χ4n) is 6.99. The van der Waals surface area contributed by atoms with Gasteiger partial charge >= 0.3 is 19.8 Å². The molecule has 7 atom stereocenters. The van der Waals surface area contributed by atoms with E-state index >= 15 is 0 Å². The van der Waals surface area contributed by atoms with Crippen molar-refractivity contribution in [3.63, 3.8) is 0 Å². The van der Waals surface area contributed by atoms with E-state index in [9.17, 15) is 34.4 Å². The Hall–Kier alpha value is -1.67. The van der Waals surface area contributed by atoms with Gasteiger partial charge in [0.2, 0.25) is 0 Å². The van der Waals surface area contributed by atoms with Gasteiger partial charge in [0.25, 0.3) is 0 Å². The zero-order valence-electron chi connectivity index (χ0n) is 38.2. The van der Waals surface area contributed by atoms with Gasteiger partial charge in [0.15, 0.2) is 12.4 Å². The largest absolute Gasteiger partial charge is 0.472 e. The zero-order chi connectivity index (χ0) is 44.5. The quantitative estimate of drug-likeness (QED) is 0.0152. The van der Waals surface area contributed by atoms with Crippen molar-refractivity contribution in [2.45, 2.75) is 205 Å². The van der Waals surface area contributed by atoms with E-state index in [0.29, 0.717) is 43.1 Å². The van der Waals surface area contributed by atoms with E-state index < -0.39 is 57.1 Å². The van der Waals surface area contributed by atoms with Crippen molar-refractivity contribution >= 4 is 19.8 Å². The molecule has 1 fully saturated rings. The Morgan fingerprint density at radius 2 is 1.33 bits per heavy atom. The second-order valence-corrected chi connectivity index (χ2v) is 19.1. The van der Waals surface area contributed by atoms with Crippen LogP contribution in [0.15, 0.2) is 24.3 Å². The summed E-state index contributed by atoms with van der Waals surface area (Å²) < 4.78 is 40.0. The maximum Gasteiger partial charge on any atom is 0.472 e. The molecule has 1 aliphatic rings. The Bertz CT molecular complexity index is 1190. The summed E-state index contributed by atoms with van der Waals surface area (Å²) in [6.45, 7) is 4.01. The van der Waals surface area contributed by atoms with Crippen LogP contribution in [0, 0.1) is 5.92 Å². The number of aliphatic hydroxyl groups is 3. The minimum atomic E-state index is -4.45. The summed E-state index contributed by atoms with van der Waals surface area (Å²) in [5.41, 5.74) is 0. The summed E-state index contributed by atoms with van der Waals surface area (Å²) in [4.78, 5) is 35.6. The number of phosphoric ester groups is 1. The number of quaternary nitrogens is 1. The third-order valence-electron chi connectivity index (χ3n) is 10.8. The van der Waals surface area contributed by atoms with Gasteiger partial charge in [0.1, 0.15) is 19.8 Å². The number of carbonyl (C=O) groups is 2. The number of ether oxygens (including phenoxy) is 3. The molecular formula is C46H87NO12P+. The smallest absolute Gasteiger partial charge is 0.462 e. The second-order valence-electron chi connectivity index (χ2n) is 17.7. The highest BCUT2D eigenvalue weighted by atomic mass is 31.2. The van der Waals surface area contributed by atoms with Crippen LogP contribution >= 0.6 is 7.82 Å². The minimum Gasteiger partial charge on any atom is -0.462 e. The Morgan fingerprint density at radius 3 is 1.93 bits per heavy atom. The van der Waals surface area contributed by atoms with Crippen molar-refractivity contribution < 1.29 is 62.1 Å². The van der Waals surface area contributed by atoms with E-state index in [1.165, 1.54) is 70.6 Å². The predicted octanol–water partition coefficient (Wildman–Crippen LogP) is 9.24. The highest BCUT2D eigenvalue weighted by Gasteiger charge is 2.35. The lowest BCUT2D eigenvalue weighted by molar-refractivity contribution is -0.870. The molecule has 60 heavy (non-hydrogen) atoms. The molecule has 0 aromatic heterocycles. The number of likely N-dealkylation sites (N-methyl/N-ethyl adjacent to an activating group) is 1. The highest BCUT2D eigenvalue weighted by molar-refractivity contribution is 7.47. The van der Waals surface area contributed by atoms with Gasteiger partial charge in [-0.3, -0.25) is 18.6 Å². The molecule has 14 heteroatoms. The maximum atomic E-state index is 12.8. The van der Waals surface area contributed by atoms with E-state index in [0.717, 1.165) is 38.5 Å². The van der Waals surface area contributed by atoms with Gasteiger partial charge in [0, 0.05) is 25.2 Å². The number of phosphoric acid groups is 1. The van der Waals surface area contributed by atoms with E-state index in [1.807, 2.05) is 33.3 Å². The first kappa shape index (κ1) is 56.3. The fraction of sp³-hybridized carbons (Fsp3) is 0.870. The standard InChI is InChI=1S/C46H86NO12P/c1-6-8-10-11-12-13-14-15-16-17-18-19-20-21-26-30-44(50)55-37-40(38-57-60(53,54)56-35-34-47(3,4)5)58-45(51)31-27-23-22-25-29-41-42(49)36-46(52)59-43(41)33-32-39(48)28-24-9-7-2/h22,25,32-33,39-43,46,48-49,52H,6-21,23-24,26-31,34-38H2,1-5H3/p+1/b25-22-,33-32+. The number of allylic oxidation sites excluding steroid dienone is 2. The minimum absolute atomic E-state index is 0.0161. The lowest BCUT2D eigenvalue weighted by Gasteiger charge is -2.36. The molecule has 0 bridgehead atoms. The van der Waals surface area contributed by atoms with Gasteiger partial charge in [0.05, 0.1) is 46.1 Å². The van der Waals surface area contributed by atoms with Crippen molar-refractivity contribution in [2.75, 3.05) is 47.5 Å². The molecule has 0 radical (unpaired) electrons.